The maximum atomic E-state index is 13.7. The molecule has 0 bridgehead atoms. The molecule has 38 heavy (non-hydrogen) atoms. The molecule has 2 aromatic heterocycles. The highest BCUT2D eigenvalue weighted by Crippen LogP contribution is 2.40. The van der Waals surface area contributed by atoms with Crippen LogP contribution in [0.15, 0.2) is 30.6 Å². The highest BCUT2D eigenvalue weighted by atomic mass is 19.4. The third kappa shape index (κ3) is 5.28. The first-order chi connectivity index (χ1) is 17.9. The SMILES string of the molecule is C#C.CC.CC(=O)N1CCN(c2cc(-c3cc(C(F)(F)F)c4c(N)ncnn34)ccc2CO)C(=O)C1(C)C. The smallest absolute Gasteiger partial charge is 0.392 e. The number of hydrogen-bond donors (Lipinski definition) is 2. The lowest BCUT2D eigenvalue weighted by Crippen LogP contribution is -2.64. The Morgan fingerprint density at radius 3 is 2.37 bits per heavy atom. The van der Waals surface area contributed by atoms with E-state index in [1.165, 1.54) is 28.9 Å². The predicted octanol–water partition coefficient (Wildman–Crippen LogP) is 3.74. The third-order valence-electron chi connectivity index (χ3n) is 6.10. The number of rotatable bonds is 3. The molecular formula is C26H31F3N6O3. The van der Waals surface area contributed by atoms with Gasteiger partial charge in [0.2, 0.25) is 5.91 Å². The largest absolute Gasteiger partial charge is 0.418 e. The highest BCUT2D eigenvalue weighted by Gasteiger charge is 2.44. The second-order valence-corrected chi connectivity index (χ2v) is 8.53. The molecule has 1 fully saturated rings. The standard InChI is InChI=1S/C22H23F3N6O3.C2H6.C2H2/c1-12(33)30-7-6-29(20(34)21(30,2)3)16-8-13(4-5-14(16)10-32)17-9-15(22(23,24)25)18-19(26)27-11-28-31(17)18;2*1-2/h4-5,8-9,11,32H,6-7,10H2,1-3H3,(H2,26,27,28);1-2H3;1-2H. The number of halogens is 3. The zero-order chi connectivity index (χ0) is 29.0. The molecule has 0 atom stereocenters. The molecule has 0 unspecified atom stereocenters. The van der Waals surface area contributed by atoms with Crippen molar-refractivity contribution in [2.45, 2.75) is 52.9 Å². The molecular weight excluding hydrogens is 501 g/mol. The highest BCUT2D eigenvalue weighted by molar-refractivity contribution is 6.03. The first-order valence-corrected chi connectivity index (χ1v) is 11.7. The van der Waals surface area contributed by atoms with Gasteiger partial charge in [0.15, 0.2) is 5.82 Å². The molecule has 1 aliphatic heterocycles. The lowest BCUT2D eigenvalue weighted by molar-refractivity contribution is -0.145. The van der Waals surface area contributed by atoms with E-state index in [0.29, 0.717) is 16.8 Å². The van der Waals surface area contributed by atoms with Crippen LogP contribution in [0.5, 0.6) is 0 Å². The molecule has 3 heterocycles. The molecule has 0 spiro atoms. The number of aliphatic hydroxyl groups excluding tert-OH is 1. The van der Waals surface area contributed by atoms with Gasteiger partial charge in [0.05, 0.1) is 17.9 Å². The molecule has 3 aromatic rings. The van der Waals surface area contributed by atoms with Crippen molar-refractivity contribution in [3.8, 4) is 24.1 Å². The van der Waals surface area contributed by atoms with E-state index in [4.69, 9.17) is 5.73 Å². The van der Waals surface area contributed by atoms with Gasteiger partial charge in [0, 0.05) is 36.8 Å². The van der Waals surface area contributed by atoms with Gasteiger partial charge in [-0.3, -0.25) is 9.59 Å². The van der Waals surface area contributed by atoms with Crippen molar-refractivity contribution >= 4 is 28.8 Å². The molecule has 9 nitrogen and oxygen atoms in total. The van der Waals surface area contributed by atoms with Gasteiger partial charge in [-0.2, -0.15) is 18.3 Å². The van der Waals surface area contributed by atoms with Gasteiger partial charge in [-0.15, -0.1) is 12.8 Å². The fourth-order valence-electron chi connectivity index (χ4n) is 4.41. The first kappa shape index (κ1) is 30.1. The van der Waals surface area contributed by atoms with E-state index in [1.54, 1.807) is 19.9 Å². The van der Waals surface area contributed by atoms with Crippen molar-refractivity contribution in [2.75, 3.05) is 23.7 Å². The van der Waals surface area contributed by atoms with Crippen LogP contribution in [0.4, 0.5) is 24.7 Å². The minimum atomic E-state index is -4.70. The normalized spacial score (nSPS) is 14.9. The van der Waals surface area contributed by atoms with E-state index >= 15 is 0 Å². The summed E-state index contributed by atoms with van der Waals surface area (Å²) in [5.74, 6) is -0.938. The molecule has 0 aliphatic carbocycles. The van der Waals surface area contributed by atoms with Crippen LogP contribution in [-0.4, -0.2) is 55.0 Å². The molecule has 204 valence electrons. The van der Waals surface area contributed by atoms with Crippen LogP contribution in [0.2, 0.25) is 0 Å². The molecule has 2 amide bonds. The average molecular weight is 533 g/mol. The van der Waals surface area contributed by atoms with Crippen LogP contribution in [0.1, 0.15) is 45.7 Å². The summed E-state index contributed by atoms with van der Waals surface area (Å²) in [6, 6.07) is 5.54. The lowest BCUT2D eigenvalue weighted by atomic mass is 9.95. The Hall–Kier alpha value is -4.11. The molecule has 0 radical (unpaired) electrons. The van der Waals surface area contributed by atoms with Crippen molar-refractivity contribution < 1.29 is 27.9 Å². The lowest BCUT2D eigenvalue weighted by Gasteiger charge is -2.45. The minimum Gasteiger partial charge on any atom is -0.392 e. The van der Waals surface area contributed by atoms with Crippen LogP contribution >= 0.6 is 0 Å². The van der Waals surface area contributed by atoms with E-state index in [0.717, 1.165) is 16.9 Å². The number of nitrogen functional groups attached to an aromatic ring is 1. The molecule has 3 N–H and O–H groups in total. The van der Waals surface area contributed by atoms with Crippen molar-refractivity contribution in [3.05, 3.63) is 41.7 Å². The molecule has 12 heteroatoms. The summed E-state index contributed by atoms with van der Waals surface area (Å²) in [6.07, 6.45) is 4.36. The summed E-state index contributed by atoms with van der Waals surface area (Å²) >= 11 is 0. The summed E-state index contributed by atoms with van der Waals surface area (Å²) in [4.78, 5) is 31.9. The van der Waals surface area contributed by atoms with Crippen molar-refractivity contribution in [2.24, 2.45) is 0 Å². The van der Waals surface area contributed by atoms with Crippen molar-refractivity contribution in [1.29, 1.82) is 0 Å². The van der Waals surface area contributed by atoms with Gasteiger partial charge in [-0.1, -0.05) is 26.0 Å². The van der Waals surface area contributed by atoms with E-state index in [-0.39, 0.29) is 41.9 Å². The maximum Gasteiger partial charge on any atom is 0.418 e. The third-order valence-corrected chi connectivity index (χ3v) is 6.10. The molecule has 1 aromatic carbocycles. The minimum absolute atomic E-state index is 0.0937. The van der Waals surface area contributed by atoms with Gasteiger partial charge in [-0.25, -0.2) is 9.50 Å². The summed E-state index contributed by atoms with van der Waals surface area (Å²) in [7, 11) is 0. The summed E-state index contributed by atoms with van der Waals surface area (Å²) in [6.45, 7) is 8.67. The van der Waals surface area contributed by atoms with Crippen molar-refractivity contribution in [1.82, 2.24) is 19.5 Å². The number of nitrogens with two attached hydrogens (primary N) is 1. The number of hydrogen-bond acceptors (Lipinski definition) is 6. The number of amides is 2. The zero-order valence-electron chi connectivity index (χ0n) is 21.9. The molecule has 0 saturated carbocycles. The number of piperazine rings is 1. The Balaban J connectivity index is 0.00000121. The van der Waals surface area contributed by atoms with Crippen LogP contribution in [-0.2, 0) is 22.4 Å². The monoisotopic (exact) mass is 532 g/mol. The fraction of sp³-hybridized carbons (Fsp3) is 0.385. The second kappa shape index (κ2) is 11.5. The Kier molecular flexibility index (Phi) is 9.13. The maximum absolute atomic E-state index is 13.7. The second-order valence-electron chi connectivity index (χ2n) is 8.53. The topological polar surface area (TPSA) is 117 Å². The summed E-state index contributed by atoms with van der Waals surface area (Å²) in [5.41, 5.74) is 4.41. The average Bonchev–Trinajstić information content (AvgIpc) is 3.29. The van der Waals surface area contributed by atoms with Crippen molar-refractivity contribution in [3.63, 3.8) is 0 Å². The summed E-state index contributed by atoms with van der Waals surface area (Å²) in [5, 5.41) is 13.8. The number of aliphatic hydroxyl groups is 1. The first-order valence-electron chi connectivity index (χ1n) is 11.7. The van der Waals surface area contributed by atoms with Gasteiger partial charge >= 0.3 is 6.18 Å². The number of anilines is 2. The van der Waals surface area contributed by atoms with Crippen LogP contribution in [0, 0.1) is 12.8 Å². The Bertz CT molecular complexity index is 1350. The van der Waals surface area contributed by atoms with Crippen LogP contribution in [0.3, 0.4) is 0 Å². The number of benzene rings is 1. The zero-order valence-corrected chi connectivity index (χ0v) is 21.9. The van der Waals surface area contributed by atoms with Gasteiger partial charge in [-0.05, 0) is 26.0 Å². The van der Waals surface area contributed by atoms with Gasteiger partial charge in [0.1, 0.15) is 17.4 Å². The van der Waals surface area contributed by atoms with Gasteiger partial charge < -0.3 is 20.6 Å². The van der Waals surface area contributed by atoms with E-state index < -0.39 is 23.9 Å². The quantitative estimate of drug-likeness (QED) is 0.497. The number of aromatic nitrogens is 3. The van der Waals surface area contributed by atoms with Gasteiger partial charge in [0.25, 0.3) is 5.91 Å². The number of fused-ring (bicyclic) bond motifs is 1. The van der Waals surface area contributed by atoms with Crippen LogP contribution in [0.25, 0.3) is 16.8 Å². The fourth-order valence-corrected chi connectivity index (χ4v) is 4.41. The number of nitrogens with zero attached hydrogens (tertiary/aromatic N) is 5. The Morgan fingerprint density at radius 1 is 1.18 bits per heavy atom. The molecule has 4 rings (SSSR count). The van der Waals surface area contributed by atoms with E-state index in [1.807, 2.05) is 13.8 Å². The molecule has 1 saturated heterocycles. The molecule has 1 aliphatic rings. The predicted molar refractivity (Wildman–Crippen MR) is 139 cm³/mol. The number of carbonyl (C=O) groups excluding carboxylic acids is 2. The van der Waals surface area contributed by atoms with E-state index in [2.05, 4.69) is 22.9 Å². The Labute approximate surface area is 219 Å². The van der Waals surface area contributed by atoms with Crippen LogP contribution < -0.4 is 10.6 Å². The van der Waals surface area contributed by atoms with E-state index in [9.17, 15) is 27.9 Å². The Morgan fingerprint density at radius 2 is 1.82 bits per heavy atom. The number of carbonyl (C=O) groups is 2. The number of terminal acetylenes is 1. The number of alkyl halides is 3. The summed E-state index contributed by atoms with van der Waals surface area (Å²) < 4.78 is 42.2.